The van der Waals surface area contributed by atoms with Crippen LogP contribution in [0.2, 0.25) is 10.0 Å². The normalized spacial score (nSPS) is 17.9. The Labute approximate surface area is 229 Å². The predicted octanol–water partition coefficient (Wildman–Crippen LogP) is 8.20. The fourth-order valence-electron chi connectivity index (χ4n) is 4.93. The fraction of sp³-hybridized carbons (Fsp3) is 0.355. The lowest BCUT2D eigenvalue weighted by molar-refractivity contribution is -0.125. The maximum absolute atomic E-state index is 13.7. The van der Waals surface area contributed by atoms with Crippen molar-refractivity contribution in [3.8, 4) is 11.1 Å². The van der Waals surface area contributed by atoms with Crippen LogP contribution in [0.5, 0.6) is 0 Å². The van der Waals surface area contributed by atoms with Gasteiger partial charge in [0.2, 0.25) is 0 Å². The van der Waals surface area contributed by atoms with Crippen molar-refractivity contribution in [3.05, 3.63) is 94.0 Å². The molecule has 0 bridgehead atoms. The monoisotopic (exact) mass is 537 g/mol. The highest BCUT2D eigenvalue weighted by Gasteiger charge is 2.38. The van der Waals surface area contributed by atoms with E-state index in [1.165, 1.54) is 0 Å². The van der Waals surface area contributed by atoms with Gasteiger partial charge in [-0.3, -0.25) is 4.79 Å². The first-order valence-electron chi connectivity index (χ1n) is 12.7. The van der Waals surface area contributed by atoms with Gasteiger partial charge in [0.25, 0.3) is 0 Å². The van der Waals surface area contributed by atoms with Crippen LogP contribution < -0.4 is 0 Å². The first-order chi connectivity index (χ1) is 17.6. The van der Waals surface area contributed by atoms with Gasteiger partial charge in [-0.25, -0.2) is 4.79 Å². The van der Waals surface area contributed by atoms with Gasteiger partial charge in [-0.05, 0) is 67.9 Å². The maximum Gasteiger partial charge on any atom is 0.410 e. The number of piperidine rings is 1. The zero-order valence-corrected chi connectivity index (χ0v) is 23.1. The van der Waals surface area contributed by atoms with Crippen LogP contribution in [-0.2, 0) is 16.0 Å². The van der Waals surface area contributed by atoms with E-state index in [1.807, 2.05) is 57.2 Å². The summed E-state index contributed by atoms with van der Waals surface area (Å²) in [6.45, 7) is 6.43. The summed E-state index contributed by atoms with van der Waals surface area (Å²) in [5.41, 5.74) is 3.62. The van der Waals surface area contributed by atoms with Crippen molar-refractivity contribution in [1.29, 1.82) is 0 Å². The Balaban J connectivity index is 1.59. The Hall–Kier alpha value is -2.82. The van der Waals surface area contributed by atoms with Gasteiger partial charge in [0.05, 0.1) is 10.0 Å². The number of amides is 1. The molecule has 4 rings (SSSR count). The highest BCUT2D eigenvalue weighted by molar-refractivity contribution is 6.42. The van der Waals surface area contributed by atoms with E-state index in [4.69, 9.17) is 27.9 Å². The van der Waals surface area contributed by atoms with Gasteiger partial charge in [0.15, 0.2) is 0 Å². The summed E-state index contributed by atoms with van der Waals surface area (Å²) in [6, 6.07) is 24.1. The average molecular weight is 539 g/mol. The molecule has 1 fully saturated rings. The minimum absolute atomic E-state index is 0.00434. The van der Waals surface area contributed by atoms with E-state index in [0.29, 0.717) is 42.4 Å². The second kappa shape index (κ2) is 11.7. The zero-order chi connectivity index (χ0) is 26.6. The smallest absolute Gasteiger partial charge is 0.410 e. The summed E-state index contributed by atoms with van der Waals surface area (Å²) >= 11 is 12.6. The third-order valence-corrected chi connectivity index (χ3v) is 7.63. The van der Waals surface area contributed by atoms with Crippen molar-refractivity contribution in [3.63, 3.8) is 0 Å². The molecule has 0 N–H and O–H groups in total. The number of carbonyl (C=O) groups is 2. The lowest BCUT2D eigenvalue weighted by Crippen LogP contribution is -2.47. The summed E-state index contributed by atoms with van der Waals surface area (Å²) in [6.07, 6.45) is 1.13. The standard InChI is InChI=1S/C31H33Cl2NO3/c1-31(2,3)37-30(36)34-18-17-25(24-13-7-12-23(19-24)21-9-5-4-6-10-21)26(20-34)28(35)16-15-22-11-8-14-27(32)29(22)33/h4-14,19,25-26H,15-18,20H2,1-3H3/t25-,26+/m1/s1. The number of hydrogen-bond acceptors (Lipinski definition) is 3. The second-order valence-corrected chi connectivity index (χ2v) is 11.4. The van der Waals surface area contributed by atoms with Gasteiger partial charge in [-0.15, -0.1) is 0 Å². The lowest BCUT2D eigenvalue weighted by atomic mass is 9.76. The molecule has 0 saturated carbocycles. The molecule has 0 radical (unpaired) electrons. The number of likely N-dealkylation sites (tertiary alicyclic amines) is 1. The van der Waals surface area contributed by atoms with Crippen LogP contribution in [0.3, 0.4) is 0 Å². The number of halogens is 2. The first-order valence-corrected chi connectivity index (χ1v) is 13.5. The number of ketones is 1. The lowest BCUT2D eigenvalue weighted by Gasteiger charge is -2.38. The third kappa shape index (κ3) is 6.94. The summed E-state index contributed by atoms with van der Waals surface area (Å²) in [7, 11) is 0. The van der Waals surface area contributed by atoms with Crippen LogP contribution in [0.4, 0.5) is 4.79 Å². The van der Waals surface area contributed by atoms with Gasteiger partial charge >= 0.3 is 6.09 Å². The number of aryl methyl sites for hydroxylation is 1. The Morgan fingerprint density at radius 3 is 2.38 bits per heavy atom. The molecule has 1 amide bonds. The maximum atomic E-state index is 13.7. The molecule has 4 nitrogen and oxygen atoms in total. The van der Waals surface area contributed by atoms with Gasteiger partial charge in [-0.1, -0.05) is 89.9 Å². The Morgan fingerprint density at radius 1 is 0.946 bits per heavy atom. The van der Waals surface area contributed by atoms with E-state index in [1.54, 1.807) is 11.0 Å². The van der Waals surface area contributed by atoms with Crippen LogP contribution in [0.15, 0.2) is 72.8 Å². The number of ether oxygens (including phenoxy) is 1. The Bertz CT molecular complexity index is 1250. The van der Waals surface area contributed by atoms with E-state index in [0.717, 1.165) is 22.3 Å². The average Bonchev–Trinajstić information content (AvgIpc) is 2.88. The van der Waals surface area contributed by atoms with Crippen molar-refractivity contribution < 1.29 is 14.3 Å². The van der Waals surface area contributed by atoms with Crippen molar-refractivity contribution in [2.45, 2.75) is 51.6 Å². The fourth-order valence-corrected chi connectivity index (χ4v) is 5.35. The first kappa shape index (κ1) is 27.2. The van der Waals surface area contributed by atoms with E-state index >= 15 is 0 Å². The predicted molar refractivity (Wildman–Crippen MR) is 150 cm³/mol. The molecule has 3 aromatic rings. The molecule has 2 atom stereocenters. The number of carbonyl (C=O) groups excluding carboxylic acids is 2. The summed E-state index contributed by atoms with van der Waals surface area (Å²) in [4.78, 5) is 28.3. The van der Waals surface area contributed by atoms with Gasteiger partial charge < -0.3 is 9.64 Å². The van der Waals surface area contributed by atoms with Crippen molar-refractivity contribution in [2.24, 2.45) is 5.92 Å². The number of nitrogens with zero attached hydrogens (tertiary/aromatic N) is 1. The molecule has 1 aliphatic heterocycles. The van der Waals surface area contributed by atoms with Crippen molar-refractivity contribution in [2.75, 3.05) is 13.1 Å². The van der Waals surface area contributed by atoms with E-state index in [-0.39, 0.29) is 23.7 Å². The highest BCUT2D eigenvalue weighted by Crippen LogP contribution is 2.37. The molecule has 0 spiro atoms. The van der Waals surface area contributed by atoms with Gasteiger partial charge in [-0.2, -0.15) is 0 Å². The largest absolute Gasteiger partial charge is 0.444 e. The van der Waals surface area contributed by atoms with Gasteiger partial charge in [0.1, 0.15) is 11.4 Å². The molecule has 0 unspecified atom stereocenters. The van der Waals surface area contributed by atoms with Crippen LogP contribution in [0.1, 0.15) is 50.7 Å². The number of benzene rings is 3. The number of hydrogen-bond donors (Lipinski definition) is 0. The van der Waals surface area contributed by atoms with Gasteiger partial charge in [0, 0.05) is 25.4 Å². The van der Waals surface area contributed by atoms with Crippen LogP contribution in [0.25, 0.3) is 11.1 Å². The van der Waals surface area contributed by atoms with Crippen LogP contribution in [0, 0.1) is 5.92 Å². The quantitative estimate of drug-likeness (QED) is 0.318. The molecule has 1 saturated heterocycles. The van der Waals surface area contributed by atoms with Crippen LogP contribution in [-0.4, -0.2) is 35.5 Å². The minimum atomic E-state index is -0.596. The van der Waals surface area contributed by atoms with Crippen LogP contribution >= 0.6 is 23.2 Å². The van der Waals surface area contributed by atoms with E-state index in [9.17, 15) is 9.59 Å². The molecule has 0 aromatic heterocycles. The van der Waals surface area contributed by atoms with E-state index < -0.39 is 5.60 Å². The molecule has 1 heterocycles. The molecule has 6 heteroatoms. The Morgan fingerprint density at radius 2 is 1.65 bits per heavy atom. The molecule has 194 valence electrons. The van der Waals surface area contributed by atoms with E-state index in [2.05, 4.69) is 30.3 Å². The second-order valence-electron chi connectivity index (χ2n) is 10.6. The summed E-state index contributed by atoms with van der Waals surface area (Å²) < 4.78 is 5.62. The third-order valence-electron chi connectivity index (χ3n) is 6.77. The molecule has 0 aliphatic carbocycles. The number of Topliss-reactive ketones (excluding diaryl/α,β-unsaturated/α-hetero) is 1. The molecule has 1 aliphatic rings. The SMILES string of the molecule is CC(C)(C)OC(=O)N1CC[C@H](c2cccc(-c3ccccc3)c2)[C@@H](C(=O)CCc2cccc(Cl)c2Cl)C1. The molecule has 3 aromatic carbocycles. The summed E-state index contributed by atoms with van der Waals surface area (Å²) in [5.74, 6) is -0.227. The number of rotatable bonds is 6. The highest BCUT2D eigenvalue weighted by atomic mass is 35.5. The summed E-state index contributed by atoms with van der Waals surface area (Å²) in [5, 5.41) is 0.971. The zero-order valence-electron chi connectivity index (χ0n) is 21.5. The Kier molecular flexibility index (Phi) is 8.61. The van der Waals surface area contributed by atoms with Crippen molar-refractivity contribution >= 4 is 35.1 Å². The molecule has 37 heavy (non-hydrogen) atoms. The molecular formula is C31H33Cl2NO3. The topological polar surface area (TPSA) is 46.6 Å². The minimum Gasteiger partial charge on any atom is -0.444 e. The molecular weight excluding hydrogens is 505 g/mol. The van der Waals surface area contributed by atoms with Crippen molar-refractivity contribution in [1.82, 2.24) is 4.90 Å².